The lowest BCUT2D eigenvalue weighted by Crippen LogP contribution is -2.16. The van der Waals surface area contributed by atoms with Gasteiger partial charge in [0.2, 0.25) is 0 Å². The molecule has 2 unspecified atom stereocenters. The zero-order chi connectivity index (χ0) is 15.5. The van der Waals surface area contributed by atoms with E-state index in [1.54, 1.807) is 6.92 Å². The van der Waals surface area contributed by atoms with Gasteiger partial charge in [-0.15, -0.1) is 0 Å². The summed E-state index contributed by atoms with van der Waals surface area (Å²) in [6, 6.07) is 8.31. The van der Waals surface area contributed by atoms with Gasteiger partial charge in [-0.1, -0.05) is 37.6 Å². The van der Waals surface area contributed by atoms with Crippen LogP contribution < -0.4 is 4.74 Å². The highest BCUT2D eigenvalue weighted by Gasteiger charge is 2.10. The van der Waals surface area contributed by atoms with Crippen LogP contribution in [0.15, 0.2) is 36.4 Å². The third-order valence-corrected chi connectivity index (χ3v) is 3.55. The van der Waals surface area contributed by atoms with Crippen LogP contribution in [0, 0.1) is 0 Å². The second-order valence-electron chi connectivity index (χ2n) is 5.66. The van der Waals surface area contributed by atoms with Crippen molar-refractivity contribution in [3.05, 3.63) is 42.0 Å². The predicted molar refractivity (Wildman–Crippen MR) is 88.7 cm³/mol. The number of rotatable bonds is 10. The summed E-state index contributed by atoms with van der Waals surface area (Å²) < 4.78 is 18.9. The lowest BCUT2D eigenvalue weighted by Gasteiger charge is -2.19. The van der Waals surface area contributed by atoms with E-state index in [0.29, 0.717) is 6.42 Å². The topological polar surface area (TPSA) is 9.23 Å². The van der Waals surface area contributed by atoms with Crippen molar-refractivity contribution in [3.8, 4) is 5.75 Å². The van der Waals surface area contributed by atoms with E-state index in [9.17, 15) is 4.39 Å². The van der Waals surface area contributed by atoms with Gasteiger partial charge in [-0.2, -0.15) is 0 Å². The Kier molecular flexibility index (Phi) is 8.80. The highest BCUT2D eigenvalue weighted by molar-refractivity contribution is 5.28. The summed E-state index contributed by atoms with van der Waals surface area (Å²) in [6.07, 6.45) is 9.24. The zero-order valence-electron chi connectivity index (χ0n) is 13.6. The maximum Gasteiger partial charge on any atom is 0.119 e. The number of hydrogen-bond donors (Lipinski definition) is 0. The maximum absolute atomic E-state index is 12.9. The van der Waals surface area contributed by atoms with Crippen LogP contribution in [0.3, 0.4) is 0 Å². The Morgan fingerprint density at radius 3 is 2.43 bits per heavy atom. The van der Waals surface area contributed by atoms with Crippen LogP contribution in [0.1, 0.15) is 58.4 Å². The van der Waals surface area contributed by atoms with E-state index in [1.807, 2.05) is 19.1 Å². The number of allylic oxidation sites excluding steroid dienone is 2. The first kappa shape index (κ1) is 17.7. The Labute approximate surface area is 129 Å². The van der Waals surface area contributed by atoms with Crippen molar-refractivity contribution in [2.45, 2.75) is 71.6 Å². The molecule has 0 spiro atoms. The van der Waals surface area contributed by atoms with Crippen LogP contribution in [0.5, 0.6) is 5.75 Å². The molecule has 0 saturated heterocycles. The molecule has 0 aliphatic rings. The smallest absolute Gasteiger partial charge is 0.119 e. The molecule has 118 valence electrons. The van der Waals surface area contributed by atoms with Gasteiger partial charge in [0.25, 0.3) is 0 Å². The van der Waals surface area contributed by atoms with Crippen molar-refractivity contribution in [3.63, 3.8) is 0 Å². The summed E-state index contributed by atoms with van der Waals surface area (Å²) in [7, 11) is 0. The monoisotopic (exact) mass is 292 g/mol. The first-order valence-corrected chi connectivity index (χ1v) is 8.16. The number of halogens is 1. The maximum atomic E-state index is 12.9. The molecular formula is C19H29FO. The first-order chi connectivity index (χ1) is 10.2. The quantitative estimate of drug-likeness (QED) is 0.489. The fourth-order valence-electron chi connectivity index (χ4n) is 2.36. The highest BCUT2D eigenvalue weighted by Crippen LogP contribution is 2.19. The van der Waals surface area contributed by atoms with E-state index in [2.05, 4.69) is 31.2 Å². The highest BCUT2D eigenvalue weighted by atomic mass is 19.1. The molecule has 0 heterocycles. The Bertz CT molecular complexity index is 395. The van der Waals surface area contributed by atoms with Crippen molar-refractivity contribution in [1.82, 2.24) is 0 Å². The molecule has 1 rings (SSSR count). The summed E-state index contributed by atoms with van der Waals surface area (Å²) in [5.74, 6) is 0.922. The van der Waals surface area contributed by atoms with Crippen molar-refractivity contribution in [1.29, 1.82) is 0 Å². The van der Waals surface area contributed by atoms with Crippen LogP contribution >= 0.6 is 0 Å². The van der Waals surface area contributed by atoms with E-state index in [0.717, 1.165) is 37.9 Å². The molecule has 1 nitrogen and oxygen atoms in total. The normalized spacial score (nSPS) is 14.3. The standard InChI is InChI=1S/C19H29FO/c1-4-6-10-17-12-14-19(15-13-17)21-18(8-5-2)11-7-9-16(3)20/h4,6,12-16,18H,5,7-11H2,1-3H3. The van der Waals surface area contributed by atoms with Crippen LogP contribution in [0.4, 0.5) is 4.39 Å². The van der Waals surface area contributed by atoms with Gasteiger partial charge in [0.15, 0.2) is 0 Å². The Hall–Kier alpha value is -1.31. The Balaban J connectivity index is 2.49. The summed E-state index contributed by atoms with van der Waals surface area (Å²) in [6.45, 7) is 5.82. The van der Waals surface area contributed by atoms with Crippen LogP contribution in [-0.2, 0) is 6.42 Å². The number of hydrogen-bond acceptors (Lipinski definition) is 1. The fourth-order valence-corrected chi connectivity index (χ4v) is 2.36. The van der Waals surface area contributed by atoms with Gasteiger partial charge in [0.1, 0.15) is 5.75 Å². The molecule has 0 radical (unpaired) electrons. The molecule has 0 amide bonds. The molecule has 0 aliphatic carbocycles. The SMILES string of the molecule is CC=CCc1ccc(OC(CCC)CCCC(C)F)cc1. The van der Waals surface area contributed by atoms with E-state index in [1.165, 1.54) is 5.56 Å². The van der Waals surface area contributed by atoms with E-state index in [4.69, 9.17) is 4.74 Å². The van der Waals surface area contributed by atoms with Gasteiger partial charge in [-0.05, 0) is 63.6 Å². The molecule has 0 N–H and O–H groups in total. The van der Waals surface area contributed by atoms with Gasteiger partial charge in [-0.3, -0.25) is 0 Å². The first-order valence-electron chi connectivity index (χ1n) is 8.16. The molecule has 0 aromatic heterocycles. The molecule has 1 aromatic carbocycles. The lowest BCUT2D eigenvalue weighted by molar-refractivity contribution is 0.171. The Morgan fingerprint density at radius 1 is 1.14 bits per heavy atom. The average Bonchev–Trinajstić information content (AvgIpc) is 2.46. The van der Waals surface area contributed by atoms with Crippen molar-refractivity contribution < 1.29 is 9.13 Å². The summed E-state index contributed by atoms with van der Waals surface area (Å²) in [5.41, 5.74) is 1.29. The van der Waals surface area contributed by atoms with Crippen molar-refractivity contribution >= 4 is 0 Å². The zero-order valence-corrected chi connectivity index (χ0v) is 13.6. The van der Waals surface area contributed by atoms with Gasteiger partial charge in [-0.25, -0.2) is 4.39 Å². The minimum Gasteiger partial charge on any atom is -0.490 e. The molecule has 21 heavy (non-hydrogen) atoms. The third-order valence-electron chi connectivity index (χ3n) is 3.55. The van der Waals surface area contributed by atoms with E-state index < -0.39 is 6.17 Å². The third kappa shape index (κ3) is 7.89. The molecular weight excluding hydrogens is 263 g/mol. The molecule has 1 aromatic rings. The molecule has 2 heteroatoms. The molecule has 0 aliphatic heterocycles. The molecule has 2 atom stereocenters. The Morgan fingerprint density at radius 2 is 1.86 bits per heavy atom. The largest absolute Gasteiger partial charge is 0.490 e. The summed E-state index contributed by atoms with van der Waals surface area (Å²) >= 11 is 0. The van der Waals surface area contributed by atoms with Crippen LogP contribution in [0.2, 0.25) is 0 Å². The van der Waals surface area contributed by atoms with Gasteiger partial charge < -0.3 is 4.74 Å². The summed E-state index contributed by atoms with van der Waals surface area (Å²) in [4.78, 5) is 0. The number of benzene rings is 1. The van der Waals surface area contributed by atoms with Gasteiger partial charge >= 0.3 is 0 Å². The second-order valence-corrected chi connectivity index (χ2v) is 5.66. The van der Waals surface area contributed by atoms with Gasteiger partial charge in [0.05, 0.1) is 12.3 Å². The summed E-state index contributed by atoms with van der Waals surface area (Å²) in [5, 5.41) is 0. The minimum absolute atomic E-state index is 0.204. The molecule has 0 bridgehead atoms. The predicted octanol–water partition coefficient (Wildman–Crippen LogP) is 5.88. The van der Waals surface area contributed by atoms with E-state index >= 15 is 0 Å². The van der Waals surface area contributed by atoms with Gasteiger partial charge in [0, 0.05) is 0 Å². The van der Waals surface area contributed by atoms with Crippen LogP contribution in [-0.4, -0.2) is 12.3 Å². The van der Waals surface area contributed by atoms with Crippen molar-refractivity contribution in [2.75, 3.05) is 0 Å². The van der Waals surface area contributed by atoms with Crippen LogP contribution in [0.25, 0.3) is 0 Å². The molecule has 0 fully saturated rings. The molecule has 0 saturated carbocycles. The van der Waals surface area contributed by atoms with Crippen molar-refractivity contribution in [2.24, 2.45) is 0 Å². The number of ether oxygens (including phenoxy) is 1. The fraction of sp³-hybridized carbons (Fsp3) is 0.579. The average molecular weight is 292 g/mol. The lowest BCUT2D eigenvalue weighted by atomic mass is 10.1. The second kappa shape index (κ2) is 10.4. The minimum atomic E-state index is -0.710. The number of alkyl halides is 1. The van der Waals surface area contributed by atoms with E-state index in [-0.39, 0.29) is 6.10 Å².